The van der Waals surface area contributed by atoms with Gasteiger partial charge in [-0.15, -0.1) is 11.3 Å². The second-order valence-corrected chi connectivity index (χ2v) is 9.35. The van der Waals surface area contributed by atoms with Crippen molar-refractivity contribution in [1.82, 2.24) is 15.3 Å². The molecule has 1 fully saturated rings. The highest BCUT2D eigenvalue weighted by Crippen LogP contribution is 2.28. The molecule has 2 N–H and O–H groups in total. The van der Waals surface area contributed by atoms with Gasteiger partial charge in [0, 0.05) is 44.1 Å². The first-order valence-corrected chi connectivity index (χ1v) is 12.2. The number of benzene rings is 2. The number of nitrogens with zero attached hydrogens (tertiary/aromatic N) is 2. The average Bonchev–Trinajstić information content (AvgIpc) is 3.37. The first-order chi connectivity index (χ1) is 16.2. The zero-order valence-electron chi connectivity index (χ0n) is 18.8. The van der Waals surface area contributed by atoms with Crippen LogP contribution in [0, 0.1) is 0 Å². The topological polar surface area (TPSA) is 65.0 Å². The molecule has 0 unspecified atom stereocenters. The van der Waals surface area contributed by atoms with Gasteiger partial charge in [0.25, 0.3) is 5.91 Å². The predicted octanol–water partition coefficient (Wildman–Crippen LogP) is 3.91. The van der Waals surface area contributed by atoms with Gasteiger partial charge in [-0.2, -0.15) is 0 Å². The Kier molecular flexibility index (Phi) is 8.63. The van der Waals surface area contributed by atoms with Crippen molar-refractivity contribution in [2.24, 2.45) is 0 Å². The van der Waals surface area contributed by atoms with E-state index in [9.17, 15) is 4.79 Å². The monoisotopic (exact) mass is 465 g/mol. The number of amides is 1. The van der Waals surface area contributed by atoms with E-state index in [1.165, 1.54) is 22.5 Å². The number of carbonyl (C=O) groups is 1. The minimum atomic E-state index is -0.475. The van der Waals surface area contributed by atoms with E-state index in [4.69, 9.17) is 9.94 Å². The molecule has 3 aromatic rings. The summed E-state index contributed by atoms with van der Waals surface area (Å²) in [4.78, 5) is 18.1. The quantitative estimate of drug-likeness (QED) is 0.351. The van der Waals surface area contributed by atoms with Crippen molar-refractivity contribution in [3.8, 4) is 10.4 Å². The minimum absolute atomic E-state index is 0.475. The van der Waals surface area contributed by atoms with Gasteiger partial charge in [0.2, 0.25) is 0 Å². The van der Waals surface area contributed by atoms with E-state index in [-0.39, 0.29) is 0 Å². The van der Waals surface area contributed by atoms with Gasteiger partial charge in [-0.25, -0.2) is 5.48 Å². The molecule has 2 heterocycles. The molecule has 33 heavy (non-hydrogen) atoms. The summed E-state index contributed by atoms with van der Waals surface area (Å²) in [5.41, 5.74) is 5.41. The molecular weight excluding hydrogens is 434 g/mol. The van der Waals surface area contributed by atoms with Crippen molar-refractivity contribution in [1.29, 1.82) is 0 Å². The number of rotatable bonds is 10. The molecule has 6 nitrogen and oxygen atoms in total. The Balaban J connectivity index is 1.39. The molecule has 1 aliphatic rings. The lowest BCUT2D eigenvalue weighted by atomic mass is 10.1. The summed E-state index contributed by atoms with van der Waals surface area (Å²) in [5.74, 6) is -0.475. The van der Waals surface area contributed by atoms with Gasteiger partial charge >= 0.3 is 0 Å². The fourth-order valence-electron chi connectivity index (χ4n) is 4.01. The molecule has 0 bridgehead atoms. The van der Waals surface area contributed by atoms with Gasteiger partial charge < -0.3 is 4.74 Å². The predicted molar refractivity (Wildman–Crippen MR) is 132 cm³/mol. The maximum Gasteiger partial charge on any atom is 0.284 e. The molecule has 2 aromatic carbocycles. The second kappa shape index (κ2) is 12.1. The van der Waals surface area contributed by atoms with Gasteiger partial charge in [0.15, 0.2) is 0 Å². The van der Waals surface area contributed by atoms with Crippen LogP contribution in [-0.2, 0) is 17.7 Å². The molecule has 0 radical (unpaired) electrons. The summed E-state index contributed by atoms with van der Waals surface area (Å²) >= 11 is 1.37. The molecule has 1 aliphatic heterocycles. The molecule has 1 saturated heterocycles. The van der Waals surface area contributed by atoms with Gasteiger partial charge in [0.1, 0.15) is 0 Å². The molecule has 0 atom stereocenters. The number of hydrogen-bond donors (Lipinski definition) is 2. The van der Waals surface area contributed by atoms with Crippen LogP contribution in [0.3, 0.4) is 0 Å². The fraction of sp³-hybridized carbons (Fsp3) is 0.346. The third-order valence-corrected chi connectivity index (χ3v) is 7.10. The standard InChI is InChI=1S/C26H31N3O3S/c30-26(27-31)25-11-10-24(33-25)23-8-6-22(7-9-23)20-29(13-12-21-4-2-1-3-5-21)15-14-28-16-18-32-19-17-28/h1-11,31H,12-20H2,(H,27,30). The van der Waals surface area contributed by atoms with Crippen LogP contribution in [0.4, 0.5) is 0 Å². The van der Waals surface area contributed by atoms with Crippen LogP contribution in [0.1, 0.15) is 20.8 Å². The van der Waals surface area contributed by atoms with E-state index in [1.807, 2.05) is 6.07 Å². The molecule has 0 aliphatic carbocycles. The first kappa shape index (κ1) is 23.6. The minimum Gasteiger partial charge on any atom is -0.379 e. The number of hydroxylamine groups is 1. The van der Waals surface area contributed by atoms with Crippen molar-refractivity contribution in [3.05, 3.63) is 82.7 Å². The third kappa shape index (κ3) is 6.96. The van der Waals surface area contributed by atoms with Crippen molar-refractivity contribution >= 4 is 17.2 Å². The van der Waals surface area contributed by atoms with E-state index in [1.54, 1.807) is 11.5 Å². The summed E-state index contributed by atoms with van der Waals surface area (Å²) in [6, 6.07) is 22.9. The van der Waals surface area contributed by atoms with Gasteiger partial charge in [-0.05, 0) is 35.2 Å². The molecule has 7 heteroatoms. The summed E-state index contributed by atoms with van der Waals surface area (Å²) in [6.45, 7) is 7.68. The molecule has 1 aromatic heterocycles. The summed E-state index contributed by atoms with van der Waals surface area (Å²) < 4.78 is 5.49. The highest BCUT2D eigenvalue weighted by atomic mass is 32.1. The summed E-state index contributed by atoms with van der Waals surface area (Å²) in [7, 11) is 0. The Morgan fingerprint density at radius 1 is 0.970 bits per heavy atom. The first-order valence-electron chi connectivity index (χ1n) is 11.4. The number of ether oxygens (including phenoxy) is 1. The summed E-state index contributed by atoms with van der Waals surface area (Å²) in [5, 5.41) is 8.82. The largest absolute Gasteiger partial charge is 0.379 e. The molecular formula is C26H31N3O3S. The normalized spacial score (nSPS) is 14.5. The lowest BCUT2D eigenvalue weighted by Crippen LogP contribution is -2.41. The Hall–Kier alpha value is -2.55. The number of carbonyl (C=O) groups excluding carboxylic acids is 1. The van der Waals surface area contributed by atoms with Crippen LogP contribution in [0.15, 0.2) is 66.7 Å². The maximum atomic E-state index is 11.6. The van der Waals surface area contributed by atoms with Gasteiger partial charge in [-0.1, -0.05) is 54.6 Å². The zero-order valence-corrected chi connectivity index (χ0v) is 19.6. The van der Waals surface area contributed by atoms with E-state index < -0.39 is 5.91 Å². The smallest absolute Gasteiger partial charge is 0.284 e. The molecule has 4 rings (SSSR count). The number of nitrogens with one attached hydrogen (secondary N) is 1. The molecule has 1 amide bonds. The van der Waals surface area contributed by atoms with Crippen LogP contribution in [-0.4, -0.2) is 66.9 Å². The lowest BCUT2D eigenvalue weighted by Gasteiger charge is -2.30. The van der Waals surface area contributed by atoms with Crippen LogP contribution in [0.2, 0.25) is 0 Å². The van der Waals surface area contributed by atoms with Crippen LogP contribution in [0.25, 0.3) is 10.4 Å². The average molecular weight is 466 g/mol. The van der Waals surface area contributed by atoms with Crippen molar-refractivity contribution < 1.29 is 14.7 Å². The van der Waals surface area contributed by atoms with E-state index in [2.05, 4.69) is 64.4 Å². The Morgan fingerprint density at radius 3 is 2.45 bits per heavy atom. The number of thiophene rings is 1. The van der Waals surface area contributed by atoms with Gasteiger partial charge in [0.05, 0.1) is 18.1 Å². The Bertz CT molecular complexity index is 1000. The van der Waals surface area contributed by atoms with Gasteiger partial charge in [-0.3, -0.25) is 19.8 Å². The zero-order chi connectivity index (χ0) is 22.9. The van der Waals surface area contributed by atoms with Crippen LogP contribution >= 0.6 is 11.3 Å². The van der Waals surface area contributed by atoms with Crippen molar-refractivity contribution in [2.75, 3.05) is 45.9 Å². The van der Waals surface area contributed by atoms with E-state index >= 15 is 0 Å². The SMILES string of the molecule is O=C(NO)c1ccc(-c2ccc(CN(CCc3ccccc3)CCN3CCOCC3)cc2)s1. The Morgan fingerprint density at radius 2 is 1.73 bits per heavy atom. The lowest BCUT2D eigenvalue weighted by molar-refractivity contribution is 0.0330. The van der Waals surface area contributed by atoms with E-state index in [0.717, 1.165) is 69.3 Å². The third-order valence-electron chi connectivity index (χ3n) is 5.97. The van der Waals surface area contributed by atoms with Crippen LogP contribution < -0.4 is 5.48 Å². The fourth-order valence-corrected chi connectivity index (χ4v) is 4.91. The van der Waals surface area contributed by atoms with Crippen molar-refractivity contribution in [2.45, 2.75) is 13.0 Å². The molecule has 174 valence electrons. The highest BCUT2D eigenvalue weighted by Gasteiger charge is 2.14. The summed E-state index contributed by atoms with van der Waals surface area (Å²) in [6.07, 6.45) is 1.03. The second-order valence-electron chi connectivity index (χ2n) is 8.27. The van der Waals surface area contributed by atoms with Crippen LogP contribution in [0.5, 0.6) is 0 Å². The highest BCUT2D eigenvalue weighted by molar-refractivity contribution is 7.17. The number of morpholine rings is 1. The Labute approximate surface area is 199 Å². The van der Waals surface area contributed by atoms with E-state index in [0.29, 0.717) is 4.88 Å². The molecule has 0 spiro atoms. The van der Waals surface area contributed by atoms with Crippen molar-refractivity contribution in [3.63, 3.8) is 0 Å². The maximum absolute atomic E-state index is 11.6. The molecule has 0 saturated carbocycles. The number of hydrogen-bond acceptors (Lipinski definition) is 6.